The van der Waals surface area contributed by atoms with E-state index < -0.39 is 36.0 Å². The smallest absolute Gasteiger partial charge is 0.306 e. The van der Waals surface area contributed by atoms with Crippen LogP contribution in [0.2, 0.25) is 0 Å². The molecule has 0 aromatic rings. The Kier molecular flexibility index (Phi) is 9.25. The first-order chi connectivity index (χ1) is 12.6. The fourth-order valence-corrected chi connectivity index (χ4v) is 2.79. The molecule has 0 aromatic carbocycles. The van der Waals surface area contributed by atoms with Crippen LogP contribution in [0.15, 0.2) is 0 Å². The Bertz CT molecular complexity index is 547. The molecule has 0 radical (unpaired) electrons. The van der Waals surface area contributed by atoms with Crippen molar-refractivity contribution in [2.45, 2.75) is 78.5 Å². The predicted molar refractivity (Wildman–Crippen MR) is 101 cm³/mol. The van der Waals surface area contributed by atoms with Gasteiger partial charge in [0.1, 0.15) is 12.1 Å². The average Bonchev–Trinajstić information content (AvgIpc) is 2.55. The van der Waals surface area contributed by atoms with Crippen molar-refractivity contribution in [1.29, 1.82) is 0 Å². The molecule has 3 N–H and O–H groups in total. The summed E-state index contributed by atoms with van der Waals surface area (Å²) in [7, 11) is 0. The van der Waals surface area contributed by atoms with Crippen molar-refractivity contribution in [3.05, 3.63) is 0 Å². The molecule has 1 saturated heterocycles. The Morgan fingerprint density at radius 1 is 0.926 bits per heavy atom. The molecule has 27 heavy (non-hydrogen) atoms. The monoisotopic (exact) mass is 383 g/mol. The fraction of sp³-hybridized carbons (Fsp3) is 0.789. The summed E-state index contributed by atoms with van der Waals surface area (Å²) in [6.45, 7) is 9.61. The predicted octanol–water partition coefficient (Wildman–Crippen LogP) is 0.890. The summed E-state index contributed by atoms with van der Waals surface area (Å²) < 4.78 is 5.31. The van der Waals surface area contributed by atoms with Crippen LogP contribution in [-0.2, 0) is 23.9 Å². The van der Waals surface area contributed by atoms with Crippen molar-refractivity contribution in [3.8, 4) is 0 Å². The Balaban J connectivity index is 2.96. The SMILES string of the molecule is CC(C)C[C@H]1NC(=O)[C@@H](C)NC(=O)[C@@H](CC(C)C)OC(=O)CCCNC1=O. The van der Waals surface area contributed by atoms with Crippen LogP contribution in [0.4, 0.5) is 0 Å². The largest absolute Gasteiger partial charge is 0.452 e. The topological polar surface area (TPSA) is 114 Å². The second kappa shape index (κ2) is 10.9. The minimum absolute atomic E-state index is 0.110. The fourth-order valence-electron chi connectivity index (χ4n) is 2.79. The van der Waals surface area contributed by atoms with Gasteiger partial charge in [0, 0.05) is 13.0 Å². The molecule has 0 aromatic heterocycles. The third-order valence-corrected chi connectivity index (χ3v) is 4.20. The maximum absolute atomic E-state index is 12.5. The van der Waals surface area contributed by atoms with E-state index in [0.717, 1.165) is 0 Å². The Labute approximate surface area is 161 Å². The van der Waals surface area contributed by atoms with E-state index in [0.29, 0.717) is 25.8 Å². The molecule has 8 heteroatoms. The normalized spacial score (nSPS) is 26.1. The molecule has 0 spiro atoms. The van der Waals surface area contributed by atoms with Gasteiger partial charge < -0.3 is 20.7 Å². The molecule has 8 nitrogen and oxygen atoms in total. The van der Waals surface area contributed by atoms with E-state index in [-0.39, 0.29) is 24.2 Å². The maximum atomic E-state index is 12.5. The molecule has 1 aliphatic heterocycles. The van der Waals surface area contributed by atoms with Gasteiger partial charge in [-0.1, -0.05) is 27.7 Å². The van der Waals surface area contributed by atoms with Gasteiger partial charge in [-0.05, 0) is 38.0 Å². The highest BCUT2D eigenvalue weighted by molar-refractivity contribution is 5.93. The van der Waals surface area contributed by atoms with Gasteiger partial charge >= 0.3 is 5.97 Å². The molecular formula is C19H33N3O5. The van der Waals surface area contributed by atoms with E-state index in [1.54, 1.807) is 0 Å². The number of esters is 1. The first kappa shape index (κ1) is 22.9. The molecule has 3 atom stereocenters. The Morgan fingerprint density at radius 2 is 1.56 bits per heavy atom. The van der Waals surface area contributed by atoms with Crippen LogP contribution in [0.5, 0.6) is 0 Å². The lowest BCUT2D eigenvalue weighted by Crippen LogP contribution is -2.54. The molecule has 0 saturated carbocycles. The minimum atomic E-state index is -0.934. The molecule has 1 aliphatic rings. The minimum Gasteiger partial charge on any atom is -0.452 e. The zero-order valence-electron chi connectivity index (χ0n) is 17.0. The molecule has 0 aliphatic carbocycles. The van der Waals surface area contributed by atoms with Crippen molar-refractivity contribution >= 4 is 23.7 Å². The highest BCUT2D eigenvalue weighted by Crippen LogP contribution is 2.11. The number of amides is 3. The summed E-state index contributed by atoms with van der Waals surface area (Å²) >= 11 is 0. The Morgan fingerprint density at radius 3 is 2.15 bits per heavy atom. The lowest BCUT2D eigenvalue weighted by Gasteiger charge is -2.25. The number of carbonyl (C=O) groups is 4. The van der Waals surface area contributed by atoms with Crippen LogP contribution in [0.25, 0.3) is 0 Å². The quantitative estimate of drug-likeness (QED) is 0.624. The highest BCUT2D eigenvalue weighted by atomic mass is 16.5. The molecule has 154 valence electrons. The van der Waals surface area contributed by atoms with E-state index in [1.165, 1.54) is 6.92 Å². The molecule has 1 heterocycles. The summed E-state index contributed by atoms with van der Waals surface area (Å²) in [6, 6.07) is -1.53. The van der Waals surface area contributed by atoms with Crippen LogP contribution >= 0.6 is 0 Å². The lowest BCUT2D eigenvalue weighted by molar-refractivity contribution is -0.157. The number of carbonyl (C=O) groups excluding carboxylic acids is 4. The zero-order valence-corrected chi connectivity index (χ0v) is 17.0. The highest BCUT2D eigenvalue weighted by Gasteiger charge is 2.29. The molecule has 0 unspecified atom stereocenters. The van der Waals surface area contributed by atoms with E-state index in [1.807, 2.05) is 27.7 Å². The van der Waals surface area contributed by atoms with Gasteiger partial charge in [0.05, 0.1) is 0 Å². The Hall–Kier alpha value is -2.12. The third kappa shape index (κ3) is 8.41. The van der Waals surface area contributed by atoms with Crippen molar-refractivity contribution < 1.29 is 23.9 Å². The molecular weight excluding hydrogens is 350 g/mol. The van der Waals surface area contributed by atoms with Gasteiger partial charge in [-0.15, -0.1) is 0 Å². The summed E-state index contributed by atoms with van der Waals surface area (Å²) in [4.78, 5) is 49.3. The van der Waals surface area contributed by atoms with E-state index in [9.17, 15) is 19.2 Å². The number of rotatable bonds is 4. The van der Waals surface area contributed by atoms with Gasteiger partial charge in [-0.2, -0.15) is 0 Å². The molecule has 0 bridgehead atoms. The average molecular weight is 383 g/mol. The third-order valence-electron chi connectivity index (χ3n) is 4.20. The number of cyclic esters (lactones) is 1. The number of ether oxygens (including phenoxy) is 1. The summed E-state index contributed by atoms with van der Waals surface area (Å²) in [5.74, 6) is -1.38. The first-order valence-corrected chi connectivity index (χ1v) is 9.68. The maximum Gasteiger partial charge on any atom is 0.306 e. The molecule has 1 rings (SSSR count). The molecule has 1 fully saturated rings. The van der Waals surface area contributed by atoms with Crippen LogP contribution in [0.3, 0.4) is 0 Å². The number of hydrogen-bond acceptors (Lipinski definition) is 5. The number of hydrogen-bond donors (Lipinski definition) is 3. The van der Waals surface area contributed by atoms with Gasteiger partial charge in [-0.3, -0.25) is 19.2 Å². The lowest BCUT2D eigenvalue weighted by atomic mass is 10.0. The van der Waals surface area contributed by atoms with E-state index in [4.69, 9.17) is 4.74 Å². The zero-order chi connectivity index (χ0) is 20.6. The van der Waals surface area contributed by atoms with Crippen LogP contribution in [-0.4, -0.2) is 48.4 Å². The van der Waals surface area contributed by atoms with Crippen molar-refractivity contribution in [2.24, 2.45) is 11.8 Å². The number of nitrogens with one attached hydrogen (secondary N) is 3. The second-order valence-corrected chi connectivity index (χ2v) is 7.92. The van der Waals surface area contributed by atoms with Gasteiger partial charge in [0.25, 0.3) is 5.91 Å². The second-order valence-electron chi connectivity index (χ2n) is 7.92. The van der Waals surface area contributed by atoms with E-state index >= 15 is 0 Å². The van der Waals surface area contributed by atoms with Crippen molar-refractivity contribution in [1.82, 2.24) is 16.0 Å². The first-order valence-electron chi connectivity index (χ1n) is 9.68. The summed E-state index contributed by atoms with van der Waals surface area (Å²) in [5.41, 5.74) is 0. The van der Waals surface area contributed by atoms with Crippen molar-refractivity contribution in [3.63, 3.8) is 0 Å². The van der Waals surface area contributed by atoms with E-state index in [2.05, 4.69) is 16.0 Å². The standard InChI is InChI=1S/C19H33N3O5/c1-11(2)9-14-18(25)20-8-6-7-16(23)27-15(10-12(3)4)19(26)21-13(5)17(24)22-14/h11-15H,6-10H2,1-5H3,(H,20,25)(H,21,26)(H,22,24)/t13-,14-,15-/m1/s1. The van der Waals surface area contributed by atoms with Gasteiger partial charge in [0.15, 0.2) is 6.10 Å². The van der Waals surface area contributed by atoms with Crippen LogP contribution in [0, 0.1) is 11.8 Å². The van der Waals surface area contributed by atoms with Gasteiger partial charge in [0.2, 0.25) is 11.8 Å². The van der Waals surface area contributed by atoms with Crippen molar-refractivity contribution in [2.75, 3.05) is 6.54 Å². The van der Waals surface area contributed by atoms with Gasteiger partial charge in [-0.25, -0.2) is 0 Å². The van der Waals surface area contributed by atoms with Crippen LogP contribution in [0.1, 0.15) is 60.3 Å². The summed E-state index contributed by atoms with van der Waals surface area (Å²) in [6.07, 6.45) is 0.435. The van der Waals surface area contributed by atoms with Crippen LogP contribution < -0.4 is 16.0 Å². The molecule has 3 amide bonds. The summed E-state index contributed by atoms with van der Waals surface area (Å²) in [5, 5.41) is 8.05.